The molecule has 0 aliphatic carbocycles. The maximum atomic E-state index is 5.12. The second-order valence-electron chi connectivity index (χ2n) is 14.6. The van der Waals surface area contributed by atoms with Crippen LogP contribution in [0.1, 0.15) is 0 Å². The summed E-state index contributed by atoms with van der Waals surface area (Å²) in [5.41, 5.74) is 11.9. The fourth-order valence-corrected chi connectivity index (χ4v) is 9.83. The molecule has 4 heterocycles. The Bertz CT molecular complexity index is 3450. The molecule has 0 aliphatic heterocycles. The second-order valence-corrected chi connectivity index (χ2v) is 15.7. The minimum absolute atomic E-state index is 0.710. The van der Waals surface area contributed by atoms with Crippen LogP contribution in [0, 0.1) is 0 Å². The Kier molecular flexibility index (Phi) is 7.06. The van der Waals surface area contributed by atoms with Crippen molar-refractivity contribution in [1.82, 2.24) is 19.1 Å². The molecule has 0 bridgehead atoms. The molecule has 12 aromatic rings. The molecule has 0 atom stereocenters. The van der Waals surface area contributed by atoms with E-state index in [1.54, 1.807) is 0 Å². The summed E-state index contributed by atoms with van der Waals surface area (Å²) in [5.74, 6) is 0.710. The molecule has 0 N–H and O–H groups in total. The zero-order valence-electron chi connectivity index (χ0n) is 30.7. The minimum atomic E-state index is 0.710. The minimum Gasteiger partial charge on any atom is -0.307 e. The lowest BCUT2D eigenvalue weighted by Crippen LogP contribution is -1.99. The van der Waals surface area contributed by atoms with Gasteiger partial charge in [0, 0.05) is 69.8 Å². The van der Waals surface area contributed by atoms with Gasteiger partial charge in [0.1, 0.15) is 0 Å². The lowest BCUT2D eigenvalue weighted by molar-refractivity contribution is 1.15. The molecule has 0 radical (unpaired) electrons. The maximum Gasteiger partial charge on any atom is 0.160 e. The van der Waals surface area contributed by atoms with Gasteiger partial charge in [-0.15, -0.1) is 11.3 Å². The zero-order chi connectivity index (χ0) is 37.5. The molecular formula is C52H32N4S. The van der Waals surface area contributed by atoms with Crippen molar-refractivity contribution in [2.45, 2.75) is 0 Å². The maximum absolute atomic E-state index is 5.12. The summed E-state index contributed by atoms with van der Waals surface area (Å²) in [5, 5.41) is 7.52. The molecule has 4 nitrogen and oxygen atoms in total. The van der Waals surface area contributed by atoms with Crippen LogP contribution >= 0.6 is 11.3 Å². The quantitative estimate of drug-likeness (QED) is 0.176. The Morgan fingerprint density at radius 2 is 0.825 bits per heavy atom. The molecule has 0 spiro atoms. The van der Waals surface area contributed by atoms with Gasteiger partial charge in [-0.25, -0.2) is 9.97 Å². The number of nitrogens with zero attached hydrogens (tertiary/aromatic N) is 4. The highest BCUT2D eigenvalue weighted by atomic mass is 32.1. The smallest absolute Gasteiger partial charge is 0.160 e. The van der Waals surface area contributed by atoms with Crippen molar-refractivity contribution >= 4 is 75.1 Å². The summed E-state index contributed by atoms with van der Waals surface area (Å²) in [7, 11) is 0. The second kappa shape index (κ2) is 12.6. The number of benzene rings is 8. The fourth-order valence-electron chi connectivity index (χ4n) is 8.74. The van der Waals surface area contributed by atoms with E-state index in [1.165, 1.54) is 63.8 Å². The van der Waals surface area contributed by atoms with E-state index in [9.17, 15) is 0 Å². The number of fused-ring (bicyclic) bond motifs is 10. The lowest BCUT2D eigenvalue weighted by Gasteiger charge is -2.14. The van der Waals surface area contributed by atoms with E-state index in [1.807, 2.05) is 35.6 Å². The Balaban J connectivity index is 1.10. The summed E-state index contributed by atoms with van der Waals surface area (Å²) in [6.45, 7) is 0. The van der Waals surface area contributed by atoms with Crippen molar-refractivity contribution in [3.8, 4) is 45.3 Å². The Hall–Kier alpha value is -7.34. The molecule has 0 saturated heterocycles. The third-order valence-electron chi connectivity index (χ3n) is 11.3. The monoisotopic (exact) mass is 744 g/mol. The van der Waals surface area contributed by atoms with Crippen LogP contribution in [-0.2, 0) is 0 Å². The van der Waals surface area contributed by atoms with Crippen LogP contribution in [0.15, 0.2) is 194 Å². The standard InChI is InChI=1S/C52H32N4S/c1-3-13-33(14-4-1)44-32-45(54-52(53-44)35-15-5-2-6-16-35)34-23-25-36(26-24-34)55-46-20-10-7-17-38(46)41-28-29-42-39-18-8-11-21-47(39)56(51(42)50(41)55)37-27-30-49-43(31-37)40-19-9-12-22-48(40)57-49/h1-32H. The summed E-state index contributed by atoms with van der Waals surface area (Å²) in [6, 6.07) is 69.5. The fraction of sp³-hybridized carbons (Fsp3) is 0. The van der Waals surface area contributed by atoms with Crippen LogP contribution in [0.4, 0.5) is 0 Å². The number of rotatable bonds is 5. The molecular weight excluding hydrogens is 713 g/mol. The van der Waals surface area contributed by atoms with Gasteiger partial charge in [-0.3, -0.25) is 0 Å². The molecule has 0 fully saturated rings. The van der Waals surface area contributed by atoms with E-state index >= 15 is 0 Å². The van der Waals surface area contributed by atoms with Gasteiger partial charge in [0.2, 0.25) is 0 Å². The van der Waals surface area contributed by atoms with E-state index in [0.717, 1.165) is 39.5 Å². The van der Waals surface area contributed by atoms with Crippen molar-refractivity contribution in [2.24, 2.45) is 0 Å². The zero-order valence-corrected chi connectivity index (χ0v) is 31.5. The van der Waals surface area contributed by atoms with Crippen molar-refractivity contribution in [3.63, 3.8) is 0 Å². The average Bonchev–Trinajstić information content (AvgIpc) is 3.94. The third-order valence-corrected chi connectivity index (χ3v) is 12.5. The normalized spacial score (nSPS) is 11.9. The summed E-state index contributed by atoms with van der Waals surface area (Å²) in [6.07, 6.45) is 0. The first kappa shape index (κ1) is 32.0. The SMILES string of the molecule is c1ccc(-c2cc(-c3ccc(-n4c5ccccc5c5ccc6c7ccccc7n(-c7ccc8sc9ccccc9c8c7)c6c54)cc3)nc(-c3ccccc3)n2)cc1. The number of thiophene rings is 1. The molecule has 5 heteroatoms. The molecule has 57 heavy (non-hydrogen) atoms. The summed E-state index contributed by atoms with van der Waals surface area (Å²) in [4.78, 5) is 10.1. The molecule has 266 valence electrons. The number of hydrogen-bond acceptors (Lipinski definition) is 3. The highest BCUT2D eigenvalue weighted by molar-refractivity contribution is 7.25. The van der Waals surface area contributed by atoms with Gasteiger partial charge < -0.3 is 9.13 Å². The van der Waals surface area contributed by atoms with Gasteiger partial charge in [-0.2, -0.15) is 0 Å². The van der Waals surface area contributed by atoms with Crippen molar-refractivity contribution < 1.29 is 0 Å². The third kappa shape index (κ3) is 4.99. The molecule has 4 aromatic heterocycles. The number of aromatic nitrogens is 4. The molecule has 0 saturated carbocycles. The first-order chi connectivity index (χ1) is 28.3. The van der Waals surface area contributed by atoms with Gasteiger partial charge in [-0.05, 0) is 54.6 Å². The first-order valence-electron chi connectivity index (χ1n) is 19.2. The van der Waals surface area contributed by atoms with E-state index in [2.05, 4.69) is 179 Å². The van der Waals surface area contributed by atoms with Crippen LogP contribution in [-0.4, -0.2) is 19.1 Å². The van der Waals surface area contributed by atoms with Gasteiger partial charge in [-0.1, -0.05) is 140 Å². The Morgan fingerprint density at radius 3 is 1.47 bits per heavy atom. The van der Waals surface area contributed by atoms with E-state index in [4.69, 9.17) is 9.97 Å². The molecule has 0 unspecified atom stereocenters. The highest BCUT2D eigenvalue weighted by Crippen LogP contribution is 2.43. The van der Waals surface area contributed by atoms with Gasteiger partial charge in [0.25, 0.3) is 0 Å². The number of hydrogen-bond donors (Lipinski definition) is 0. The van der Waals surface area contributed by atoms with Crippen LogP contribution < -0.4 is 0 Å². The summed E-state index contributed by atoms with van der Waals surface area (Å²) >= 11 is 1.86. The van der Waals surface area contributed by atoms with Crippen LogP contribution in [0.3, 0.4) is 0 Å². The Labute approximate surface area is 332 Å². The predicted molar refractivity (Wildman–Crippen MR) is 240 cm³/mol. The summed E-state index contributed by atoms with van der Waals surface area (Å²) < 4.78 is 7.55. The molecule has 0 amide bonds. The number of para-hydroxylation sites is 2. The van der Waals surface area contributed by atoms with Crippen molar-refractivity contribution in [1.29, 1.82) is 0 Å². The van der Waals surface area contributed by atoms with E-state index in [0.29, 0.717) is 5.82 Å². The van der Waals surface area contributed by atoms with E-state index in [-0.39, 0.29) is 0 Å². The largest absolute Gasteiger partial charge is 0.307 e. The van der Waals surface area contributed by atoms with Crippen LogP contribution in [0.2, 0.25) is 0 Å². The topological polar surface area (TPSA) is 35.6 Å². The molecule has 8 aromatic carbocycles. The van der Waals surface area contributed by atoms with Crippen molar-refractivity contribution in [2.75, 3.05) is 0 Å². The average molecular weight is 745 g/mol. The Morgan fingerprint density at radius 1 is 0.333 bits per heavy atom. The van der Waals surface area contributed by atoms with Gasteiger partial charge >= 0.3 is 0 Å². The van der Waals surface area contributed by atoms with Crippen molar-refractivity contribution in [3.05, 3.63) is 194 Å². The molecule has 12 rings (SSSR count). The van der Waals surface area contributed by atoms with E-state index < -0.39 is 0 Å². The lowest BCUT2D eigenvalue weighted by atomic mass is 10.1. The van der Waals surface area contributed by atoms with Gasteiger partial charge in [0.05, 0.1) is 33.5 Å². The highest BCUT2D eigenvalue weighted by Gasteiger charge is 2.22. The predicted octanol–water partition coefficient (Wildman–Crippen LogP) is 14.0. The van der Waals surface area contributed by atoms with Gasteiger partial charge in [0.15, 0.2) is 5.82 Å². The van der Waals surface area contributed by atoms with Crippen LogP contribution in [0.5, 0.6) is 0 Å². The molecule has 0 aliphatic rings. The van der Waals surface area contributed by atoms with Crippen LogP contribution in [0.25, 0.3) is 109 Å². The first-order valence-corrected chi connectivity index (χ1v) is 20.1.